The van der Waals surface area contributed by atoms with E-state index in [1.54, 1.807) is 6.92 Å². The molecular formula is C14H12F3N3O4. The van der Waals surface area contributed by atoms with Crippen LogP contribution in [0.3, 0.4) is 0 Å². The summed E-state index contributed by atoms with van der Waals surface area (Å²) >= 11 is 0. The molecule has 128 valence electrons. The van der Waals surface area contributed by atoms with Gasteiger partial charge in [-0.1, -0.05) is 6.07 Å². The number of amides is 1. The average molecular weight is 343 g/mol. The summed E-state index contributed by atoms with van der Waals surface area (Å²) < 4.78 is 43.0. The highest BCUT2D eigenvalue weighted by Crippen LogP contribution is 2.30. The number of hydrogen-bond donors (Lipinski definition) is 2. The Morgan fingerprint density at radius 2 is 2.00 bits per heavy atom. The molecule has 0 radical (unpaired) electrons. The van der Waals surface area contributed by atoms with Gasteiger partial charge in [0.05, 0.1) is 12.2 Å². The van der Waals surface area contributed by atoms with Gasteiger partial charge in [-0.2, -0.15) is 17.9 Å². The van der Waals surface area contributed by atoms with Crippen LogP contribution in [0.2, 0.25) is 0 Å². The largest absolute Gasteiger partial charge is 0.461 e. The van der Waals surface area contributed by atoms with Gasteiger partial charge < -0.3 is 10.1 Å². The number of anilines is 1. The second-order valence-corrected chi connectivity index (χ2v) is 4.57. The second kappa shape index (κ2) is 6.60. The molecule has 1 aromatic carbocycles. The van der Waals surface area contributed by atoms with Crippen LogP contribution >= 0.6 is 0 Å². The van der Waals surface area contributed by atoms with Crippen molar-refractivity contribution >= 4 is 17.7 Å². The highest BCUT2D eigenvalue weighted by atomic mass is 19.4. The molecule has 0 aliphatic rings. The van der Waals surface area contributed by atoms with Gasteiger partial charge in [0.15, 0.2) is 0 Å². The normalized spacial score (nSPS) is 11.2. The first-order valence-corrected chi connectivity index (χ1v) is 6.70. The van der Waals surface area contributed by atoms with Gasteiger partial charge in [0.1, 0.15) is 5.69 Å². The molecule has 0 spiro atoms. The van der Waals surface area contributed by atoms with Crippen LogP contribution in [0.5, 0.6) is 0 Å². The molecule has 1 amide bonds. The van der Waals surface area contributed by atoms with Crippen LogP contribution in [0.25, 0.3) is 0 Å². The van der Waals surface area contributed by atoms with Crippen molar-refractivity contribution < 1.29 is 27.5 Å². The lowest BCUT2D eigenvalue weighted by atomic mass is 10.2. The zero-order valence-electron chi connectivity index (χ0n) is 12.3. The van der Waals surface area contributed by atoms with E-state index in [0.29, 0.717) is 4.68 Å². The van der Waals surface area contributed by atoms with Crippen LogP contribution in [0, 0.1) is 0 Å². The first kappa shape index (κ1) is 17.3. The van der Waals surface area contributed by atoms with Gasteiger partial charge in [0.2, 0.25) is 0 Å². The van der Waals surface area contributed by atoms with E-state index in [0.717, 1.165) is 24.3 Å². The third-order valence-corrected chi connectivity index (χ3v) is 2.86. The van der Waals surface area contributed by atoms with Crippen molar-refractivity contribution in [1.82, 2.24) is 9.78 Å². The van der Waals surface area contributed by atoms with Crippen LogP contribution in [0.15, 0.2) is 35.1 Å². The Morgan fingerprint density at radius 1 is 1.29 bits per heavy atom. The van der Waals surface area contributed by atoms with Crippen LogP contribution in [0.4, 0.5) is 23.7 Å². The molecule has 2 rings (SSSR count). The quantitative estimate of drug-likeness (QED) is 0.837. The molecule has 0 saturated heterocycles. The number of nitrogens with zero attached hydrogens (tertiary/aromatic N) is 1. The predicted molar refractivity (Wildman–Crippen MR) is 76.9 cm³/mol. The maximum absolute atomic E-state index is 12.6. The molecule has 0 fully saturated rings. The topological polar surface area (TPSA) is 93.2 Å². The summed E-state index contributed by atoms with van der Waals surface area (Å²) in [6.07, 6.45) is -4.57. The van der Waals surface area contributed by atoms with Crippen molar-refractivity contribution in [2.24, 2.45) is 0 Å². The standard InChI is InChI=1S/C14H12F3N3O4/c1-2-24-12(22)10-7-11(21)20(19-10)13(23)18-9-5-3-4-8(6-9)14(15,16)17/h3-7,19H,2H2,1H3,(H,18,23). The number of halogens is 3. The second-order valence-electron chi connectivity index (χ2n) is 4.57. The van der Waals surface area contributed by atoms with E-state index < -0.39 is 29.3 Å². The predicted octanol–water partition coefficient (Wildman–Crippen LogP) is 2.45. The minimum Gasteiger partial charge on any atom is -0.461 e. The van der Waals surface area contributed by atoms with Crippen molar-refractivity contribution in [1.29, 1.82) is 0 Å². The SMILES string of the molecule is CCOC(=O)c1cc(=O)n(C(=O)Nc2cccc(C(F)(F)F)c2)[nH]1. The Bertz CT molecular complexity index is 823. The lowest BCUT2D eigenvalue weighted by molar-refractivity contribution is -0.137. The van der Waals surface area contributed by atoms with E-state index in [1.165, 1.54) is 6.07 Å². The Hall–Kier alpha value is -3.04. The summed E-state index contributed by atoms with van der Waals surface area (Å²) in [7, 11) is 0. The number of aromatic nitrogens is 2. The van der Waals surface area contributed by atoms with Gasteiger partial charge in [0, 0.05) is 11.8 Å². The van der Waals surface area contributed by atoms with E-state index in [1.807, 2.05) is 0 Å². The van der Waals surface area contributed by atoms with Crippen molar-refractivity contribution in [3.05, 3.63) is 51.9 Å². The van der Waals surface area contributed by atoms with Gasteiger partial charge in [-0.15, -0.1) is 0 Å². The molecule has 2 aromatic rings. The zero-order chi connectivity index (χ0) is 17.9. The molecule has 0 unspecified atom stereocenters. The van der Waals surface area contributed by atoms with E-state index in [2.05, 4.69) is 15.2 Å². The maximum Gasteiger partial charge on any atom is 0.416 e. The first-order chi connectivity index (χ1) is 11.2. The molecule has 0 aliphatic carbocycles. The number of carbonyl (C=O) groups excluding carboxylic acids is 2. The number of benzene rings is 1. The van der Waals surface area contributed by atoms with Crippen LogP contribution < -0.4 is 10.9 Å². The van der Waals surface area contributed by atoms with Crippen LogP contribution in [0.1, 0.15) is 23.0 Å². The van der Waals surface area contributed by atoms with Gasteiger partial charge in [-0.05, 0) is 25.1 Å². The molecule has 10 heteroatoms. The minimum atomic E-state index is -4.57. The fourth-order valence-corrected chi connectivity index (χ4v) is 1.81. The minimum absolute atomic E-state index is 0.0719. The Kier molecular flexibility index (Phi) is 4.77. The molecule has 24 heavy (non-hydrogen) atoms. The molecule has 0 atom stereocenters. The third kappa shape index (κ3) is 3.83. The lowest BCUT2D eigenvalue weighted by Gasteiger charge is -2.09. The molecule has 1 heterocycles. The number of hydrogen-bond acceptors (Lipinski definition) is 4. The Labute approximate surface area is 133 Å². The Morgan fingerprint density at radius 3 is 2.62 bits per heavy atom. The highest BCUT2D eigenvalue weighted by molar-refractivity contribution is 5.92. The van der Waals surface area contributed by atoms with Crippen molar-refractivity contribution in [2.45, 2.75) is 13.1 Å². The van der Waals surface area contributed by atoms with E-state index in [4.69, 9.17) is 0 Å². The molecule has 0 aliphatic heterocycles. The number of aromatic amines is 1. The number of nitrogens with one attached hydrogen (secondary N) is 2. The van der Waals surface area contributed by atoms with Crippen LogP contribution in [-0.4, -0.2) is 28.4 Å². The third-order valence-electron chi connectivity index (χ3n) is 2.86. The summed E-state index contributed by atoms with van der Waals surface area (Å²) in [5.41, 5.74) is -2.22. The highest BCUT2D eigenvalue weighted by Gasteiger charge is 2.30. The summed E-state index contributed by atoms with van der Waals surface area (Å²) in [4.78, 5) is 35.2. The summed E-state index contributed by atoms with van der Waals surface area (Å²) in [6, 6.07) is 3.71. The van der Waals surface area contributed by atoms with E-state index in [9.17, 15) is 27.6 Å². The van der Waals surface area contributed by atoms with Gasteiger partial charge >= 0.3 is 18.2 Å². The molecular weight excluding hydrogens is 331 g/mol. The lowest BCUT2D eigenvalue weighted by Crippen LogP contribution is -2.29. The van der Waals surface area contributed by atoms with Gasteiger partial charge in [0.25, 0.3) is 5.56 Å². The van der Waals surface area contributed by atoms with E-state index >= 15 is 0 Å². The van der Waals surface area contributed by atoms with Crippen molar-refractivity contribution in [2.75, 3.05) is 11.9 Å². The van der Waals surface area contributed by atoms with E-state index in [-0.39, 0.29) is 18.0 Å². The summed E-state index contributed by atoms with van der Waals surface area (Å²) in [5, 5.41) is 4.36. The number of carbonyl (C=O) groups is 2. The summed E-state index contributed by atoms with van der Waals surface area (Å²) in [5.74, 6) is -0.833. The smallest absolute Gasteiger partial charge is 0.416 e. The number of esters is 1. The molecule has 0 bridgehead atoms. The maximum atomic E-state index is 12.6. The average Bonchev–Trinajstić information content (AvgIpc) is 2.89. The fourth-order valence-electron chi connectivity index (χ4n) is 1.81. The zero-order valence-corrected chi connectivity index (χ0v) is 12.3. The fraction of sp³-hybridized carbons (Fsp3) is 0.214. The number of rotatable bonds is 3. The monoisotopic (exact) mass is 343 g/mol. The van der Waals surface area contributed by atoms with Crippen molar-refractivity contribution in [3.8, 4) is 0 Å². The van der Waals surface area contributed by atoms with Crippen molar-refractivity contribution in [3.63, 3.8) is 0 Å². The molecule has 0 saturated carbocycles. The van der Waals surface area contributed by atoms with Gasteiger partial charge in [-0.3, -0.25) is 9.89 Å². The van der Waals surface area contributed by atoms with Gasteiger partial charge in [-0.25, -0.2) is 9.59 Å². The first-order valence-electron chi connectivity index (χ1n) is 6.70. The molecule has 1 aromatic heterocycles. The molecule has 2 N–H and O–H groups in total. The molecule has 7 nitrogen and oxygen atoms in total. The number of alkyl halides is 3. The number of H-pyrrole nitrogens is 1. The Balaban J connectivity index is 2.22. The summed E-state index contributed by atoms with van der Waals surface area (Å²) in [6.45, 7) is 1.63. The number of ether oxygens (including phenoxy) is 1. The van der Waals surface area contributed by atoms with Crippen LogP contribution in [-0.2, 0) is 10.9 Å².